The minimum atomic E-state index is -0.0299. The molecule has 1 fully saturated rings. The van der Waals surface area contributed by atoms with Gasteiger partial charge in [-0.25, -0.2) is 4.79 Å². The molecule has 100 valence electrons. The van der Waals surface area contributed by atoms with Crippen molar-refractivity contribution in [3.8, 4) is 6.07 Å². The van der Waals surface area contributed by atoms with Gasteiger partial charge in [-0.05, 0) is 25.5 Å². The maximum Gasteiger partial charge on any atom is 0.317 e. The molecule has 1 aliphatic heterocycles. The number of anilines is 1. The Kier molecular flexibility index (Phi) is 4.13. The first-order chi connectivity index (χ1) is 9.22. The highest BCUT2D eigenvalue weighted by atomic mass is 16.2. The zero-order valence-electron chi connectivity index (χ0n) is 10.8. The fourth-order valence-electron chi connectivity index (χ4n) is 2.00. The van der Waals surface area contributed by atoms with Gasteiger partial charge in [-0.15, -0.1) is 10.2 Å². The first kappa shape index (κ1) is 13.1. The van der Waals surface area contributed by atoms with Crippen LogP contribution in [-0.2, 0) is 0 Å². The van der Waals surface area contributed by atoms with E-state index in [0.717, 1.165) is 13.0 Å². The molecular formula is C12H16N6O. The number of nitriles is 1. The molecule has 0 radical (unpaired) electrons. The summed E-state index contributed by atoms with van der Waals surface area (Å²) in [5.74, 6) is 0.627. The van der Waals surface area contributed by atoms with Gasteiger partial charge in [-0.3, -0.25) is 0 Å². The summed E-state index contributed by atoms with van der Waals surface area (Å²) >= 11 is 0. The molecule has 0 aromatic carbocycles. The first-order valence-electron chi connectivity index (χ1n) is 6.26. The highest BCUT2D eigenvalue weighted by Gasteiger charge is 2.25. The number of rotatable bonds is 3. The van der Waals surface area contributed by atoms with Gasteiger partial charge < -0.3 is 15.5 Å². The fraction of sp³-hybridized carbons (Fsp3) is 0.500. The van der Waals surface area contributed by atoms with E-state index >= 15 is 0 Å². The SMILES string of the molecule is CCNC(=O)N1CCC(Nc2ccc(C#N)nn2)C1. The number of nitrogens with zero attached hydrogens (tertiary/aromatic N) is 4. The molecule has 2 amide bonds. The maximum atomic E-state index is 11.6. The molecular weight excluding hydrogens is 244 g/mol. The molecule has 2 N–H and O–H groups in total. The van der Waals surface area contributed by atoms with E-state index in [4.69, 9.17) is 5.26 Å². The van der Waals surface area contributed by atoms with Crippen molar-refractivity contribution in [3.05, 3.63) is 17.8 Å². The number of amides is 2. The number of nitrogens with one attached hydrogen (secondary N) is 2. The van der Waals surface area contributed by atoms with Gasteiger partial charge in [0.05, 0.1) is 0 Å². The van der Waals surface area contributed by atoms with Crippen LogP contribution < -0.4 is 10.6 Å². The molecule has 2 heterocycles. The lowest BCUT2D eigenvalue weighted by atomic mass is 10.2. The molecule has 1 saturated heterocycles. The normalized spacial score (nSPS) is 17.9. The summed E-state index contributed by atoms with van der Waals surface area (Å²) in [4.78, 5) is 13.4. The molecule has 1 unspecified atom stereocenters. The molecule has 1 atom stereocenters. The standard InChI is InChI=1S/C12H16N6O/c1-2-14-12(19)18-6-5-10(8-18)15-11-4-3-9(7-13)16-17-11/h3-4,10H,2,5-6,8H2,1H3,(H,14,19)(H,15,17). The number of carbonyl (C=O) groups is 1. The largest absolute Gasteiger partial charge is 0.364 e. The average molecular weight is 260 g/mol. The quantitative estimate of drug-likeness (QED) is 0.828. The minimum Gasteiger partial charge on any atom is -0.364 e. The van der Waals surface area contributed by atoms with Crippen LogP contribution in [0.15, 0.2) is 12.1 Å². The number of aromatic nitrogens is 2. The molecule has 0 spiro atoms. The predicted molar refractivity (Wildman–Crippen MR) is 69.4 cm³/mol. The third kappa shape index (κ3) is 3.31. The Bertz CT molecular complexity index is 480. The summed E-state index contributed by atoms with van der Waals surface area (Å²) in [6.45, 7) is 3.91. The Morgan fingerprint density at radius 3 is 3.05 bits per heavy atom. The van der Waals surface area contributed by atoms with Gasteiger partial charge in [0.25, 0.3) is 0 Å². The molecule has 2 rings (SSSR count). The van der Waals surface area contributed by atoms with E-state index in [1.807, 2.05) is 13.0 Å². The lowest BCUT2D eigenvalue weighted by molar-refractivity contribution is 0.209. The number of carbonyl (C=O) groups excluding carboxylic acids is 1. The molecule has 1 aromatic rings. The Balaban J connectivity index is 1.87. The monoisotopic (exact) mass is 260 g/mol. The topological polar surface area (TPSA) is 93.9 Å². The molecule has 0 aliphatic carbocycles. The number of hydrogen-bond donors (Lipinski definition) is 2. The Morgan fingerprint density at radius 2 is 2.42 bits per heavy atom. The van der Waals surface area contributed by atoms with Crippen LogP contribution in [-0.4, -0.2) is 46.8 Å². The molecule has 7 nitrogen and oxygen atoms in total. The third-order valence-electron chi connectivity index (χ3n) is 2.93. The maximum absolute atomic E-state index is 11.6. The Labute approximate surface area is 111 Å². The zero-order chi connectivity index (χ0) is 13.7. The molecule has 0 saturated carbocycles. The summed E-state index contributed by atoms with van der Waals surface area (Å²) < 4.78 is 0. The van der Waals surface area contributed by atoms with E-state index < -0.39 is 0 Å². The molecule has 1 aromatic heterocycles. The molecule has 19 heavy (non-hydrogen) atoms. The van der Waals surface area contributed by atoms with E-state index in [-0.39, 0.29) is 12.1 Å². The van der Waals surface area contributed by atoms with Crippen LogP contribution in [0.1, 0.15) is 19.0 Å². The first-order valence-corrected chi connectivity index (χ1v) is 6.26. The van der Waals surface area contributed by atoms with E-state index in [1.54, 1.807) is 17.0 Å². The van der Waals surface area contributed by atoms with Crippen LogP contribution in [0.3, 0.4) is 0 Å². The summed E-state index contributed by atoms with van der Waals surface area (Å²) in [6.07, 6.45) is 0.874. The summed E-state index contributed by atoms with van der Waals surface area (Å²) in [7, 11) is 0. The molecule has 1 aliphatic rings. The van der Waals surface area contributed by atoms with E-state index in [1.165, 1.54) is 0 Å². The van der Waals surface area contributed by atoms with Crippen molar-refractivity contribution in [1.82, 2.24) is 20.4 Å². The van der Waals surface area contributed by atoms with Crippen molar-refractivity contribution in [3.63, 3.8) is 0 Å². The molecule has 7 heteroatoms. The van der Waals surface area contributed by atoms with Crippen molar-refractivity contribution < 1.29 is 4.79 Å². The van der Waals surface area contributed by atoms with E-state index in [2.05, 4.69) is 20.8 Å². The fourth-order valence-corrected chi connectivity index (χ4v) is 2.00. The lowest BCUT2D eigenvalue weighted by Crippen LogP contribution is -2.39. The third-order valence-corrected chi connectivity index (χ3v) is 2.93. The smallest absolute Gasteiger partial charge is 0.317 e. The van der Waals surface area contributed by atoms with Gasteiger partial charge in [0.1, 0.15) is 11.9 Å². The highest BCUT2D eigenvalue weighted by molar-refractivity contribution is 5.74. The van der Waals surface area contributed by atoms with Crippen molar-refractivity contribution in [2.24, 2.45) is 0 Å². The number of urea groups is 1. The van der Waals surface area contributed by atoms with Crippen molar-refractivity contribution >= 4 is 11.8 Å². The zero-order valence-corrected chi connectivity index (χ0v) is 10.8. The Morgan fingerprint density at radius 1 is 1.58 bits per heavy atom. The van der Waals surface area contributed by atoms with Crippen LogP contribution in [0.4, 0.5) is 10.6 Å². The van der Waals surface area contributed by atoms with Crippen LogP contribution in [0.5, 0.6) is 0 Å². The van der Waals surface area contributed by atoms with E-state index in [9.17, 15) is 4.79 Å². The van der Waals surface area contributed by atoms with Crippen LogP contribution in [0.25, 0.3) is 0 Å². The van der Waals surface area contributed by atoms with Gasteiger partial charge in [-0.1, -0.05) is 0 Å². The van der Waals surface area contributed by atoms with Gasteiger partial charge in [0.2, 0.25) is 0 Å². The number of hydrogen-bond acceptors (Lipinski definition) is 5. The van der Waals surface area contributed by atoms with E-state index in [0.29, 0.717) is 24.6 Å². The predicted octanol–water partition coefficient (Wildman–Crippen LogP) is 0.564. The second-order valence-electron chi connectivity index (χ2n) is 4.33. The van der Waals surface area contributed by atoms with Crippen LogP contribution >= 0.6 is 0 Å². The average Bonchev–Trinajstić information content (AvgIpc) is 2.88. The molecule has 0 bridgehead atoms. The van der Waals surface area contributed by atoms with Crippen molar-refractivity contribution in [2.75, 3.05) is 25.0 Å². The van der Waals surface area contributed by atoms with Crippen LogP contribution in [0.2, 0.25) is 0 Å². The van der Waals surface area contributed by atoms with Gasteiger partial charge in [-0.2, -0.15) is 5.26 Å². The van der Waals surface area contributed by atoms with Gasteiger partial charge in [0.15, 0.2) is 5.69 Å². The van der Waals surface area contributed by atoms with Crippen molar-refractivity contribution in [2.45, 2.75) is 19.4 Å². The lowest BCUT2D eigenvalue weighted by Gasteiger charge is -2.17. The van der Waals surface area contributed by atoms with Crippen molar-refractivity contribution in [1.29, 1.82) is 5.26 Å². The van der Waals surface area contributed by atoms with Gasteiger partial charge in [0, 0.05) is 25.7 Å². The second-order valence-corrected chi connectivity index (χ2v) is 4.33. The summed E-state index contributed by atoms with van der Waals surface area (Å²) in [5, 5.41) is 22.3. The summed E-state index contributed by atoms with van der Waals surface area (Å²) in [6, 6.07) is 5.40. The second kappa shape index (κ2) is 6.00. The van der Waals surface area contributed by atoms with Crippen LogP contribution in [0, 0.1) is 11.3 Å². The minimum absolute atomic E-state index is 0.0299. The van der Waals surface area contributed by atoms with Gasteiger partial charge >= 0.3 is 6.03 Å². The highest BCUT2D eigenvalue weighted by Crippen LogP contribution is 2.14. The summed E-state index contributed by atoms with van der Waals surface area (Å²) in [5.41, 5.74) is 0.293. The number of likely N-dealkylation sites (tertiary alicyclic amines) is 1. The Hall–Kier alpha value is -2.36.